The molecular formula is C35H39F2N6O3+. The molecular weight excluding hydrogens is 590 g/mol. The van der Waals surface area contributed by atoms with Crippen molar-refractivity contribution in [3.05, 3.63) is 82.7 Å². The van der Waals surface area contributed by atoms with E-state index in [9.17, 15) is 23.2 Å². The lowest BCUT2D eigenvalue weighted by atomic mass is 9.79. The fourth-order valence-electron chi connectivity index (χ4n) is 8.00. The van der Waals surface area contributed by atoms with Gasteiger partial charge in [0.2, 0.25) is 11.8 Å². The fourth-order valence-corrected chi connectivity index (χ4v) is 8.00. The highest BCUT2D eigenvalue weighted by molar-refractivity contribution is 6.05. The number of aromatic nitrogens is 2. The molecule has 3 amide bonds. The van der Waals surface area contributed by atoms with Crippen molar-refractivity contribution in [2.45, 2.75) is 75.3 Å². The summed E-state index contributed by atoms with van der Waals surface area (Å²) in [4.78, 5) is 46.6. The molecule has 46 heavy (non-hydrogen) atoms. The van der Waals surface area contributed by atoms with E-state index in [4.69, 9.17) is 0 Å². The molecule has 4 heterocycles. The van der Waals surface area contributed by atoms with Gasteiger partial charge in [-0.25, -0.2) is 28.4 Å². The molecule has 3 atom stereocenters. The van der Waals surface area contributed by atoms with Gasteiger partial charge in [0.05, 0.1) is 30.9 Å². The van der Waals surface area contributed by atoms with Gasteiger partial charge in [-0.1, -0.05) is 38.5 Å². The monoisotopic (exact) mass is 629 g/mol. The quantitative estimate of drug-likeness (QED) is 0.282. The Labute approximate surface area is 266 Å². The highest BCUT2D eigenvalue weighted by Crippen LogP contribution is 2.46. The van der Waals surface area contributed by atoms with Gasteiger partial charge in [0.1, 0.15) is 29.4 Å². The van der Waals surface area contributed by atoms with Crippen LogP contribution in [0.15, 0.2) is 48.8 Å². The van der Waals surface area contributed by atoms with E-state index in [-0.39, 0.29) is 24.9 Å². The Morgan fingerprint density at radius 2 is 1.80 bits per heavy atom. The summed E-state index contributed by atoms with van der Waals surface area (Å²) >= 11 is 0. The maximum Gasteiger partial charge on any atom is 0.319 e. The zero-order valence-electron chi connectivity index (χ0n) is 26.0. The van der Waals surface area contributed by atoms with Crippen molar-refractivity contribution in [2.75, 3.05) is 23.7 Å². The Morgan fingerprint density at radius 1 is 1.07 bits per heavy atom. The number of anilines is 2. The first kappa shape index (κ1) is 30.4. The number of hydrogen-bond acceptors (Lipinski definition) is 5. The normalized spacial score (nSPS) is 24.5. The van der Waals surface area contributed by atoms with Crippen molar-refractivity contribution in [3.63, 3.8) is 0 Å². The van der Waals surface area contributed by atoms with E-state index in [0.717, 1.165) is 54.3 Å². The van der Waals surface area contributed by atoms with Gasteiger partial charge < -0.3 is 15.5 Å². The van der Waals surface area contributed by atoms with Crippen LogP contribution in [0.5, 0.6) is 0 Å². The lowest BCUT2D eigenvalue weighted by molar-refractivity contribution is -0.657. The molecule has 2 aliphatic carbocycles. The summed E-state index contributed by atoms with van der Waals surface area (Å²) in [5, 5.41) is 9.20. The zero-order chi connectivity index (χ0) is 32.0. The largest absolute Gasteiger partial charge is 0.324 e. The van der Waals surface area contributed by atoms with E-state index in [1.54, 1.807) is 12.3 Å². The Kier molecular flexibility index (Phi) is 8.04. The smallest absolute Gasteiger partial charge is 0.319 e. The van der Waals surface area contributed by atoms with Gasteiger partial charge >= 0.3 is 5.91 Å². The summed E-state index contributed by atoms with van der Waals surface area (Å²) in [5.41, 5.74) is 2.38. The predicted octanol–water partition coefficient (Wildman–Crippen LogP) is 4.01. The van der Waals surface area contributed by atoms with Crippen LogP contribution in [0.25, 0.3) is 0 Å². The summed E-state index contributed by atoms with van der Waals surface area (Å²) in [6.45, 7) is -0.0146. The van der Waals surface area contributed by atoms with E-state index in [1.165, 1.54) is 29.9 Å². The molecule has 2 aromatic heterocycles. The number of carbonyl (C=O) groups excluding carboxylic acids is 3. The van der Waals surface area contributed by atoms with Crippen LogP contribution >= 0.6 is 0 Å². The summed E-state index contributed by atoms with van der Waals surface area (Å²) in [5.74, 6) is -0.708. The first-order valence-electron chi connectivity index (χ1n) is 16.3. The number of halogens is 2. The Morgan fingerprint density at radius 3 is 2.57 bits per heavy atom. The number of benzene rings is 1. The van der Waals surface area contributed by atoms with Gasteiger partial charge in [-0.3, -0.25) is 9.59 Å². The molecule has 0 bridgehead atoms. The number of fused-ring (bicyclic) bond motifs is 3. The van der Waals surface area contributed by atoms with Crippen LogP contribution in [0.3, 0.4) is 0 Å². The van der Waals surface area contributed by atoms with E-state index in [0.29, 0.717) is 36.6 Å². The molecule has 240 valence electrons. The average Bonchev–Trinajstić information content (AvgIpc) is 3.39. The molecule has 1 saturated heterocycles. The maximum absolute atomic E-state index is 14.2. The molecule has 3 aromatic rings. The minimum absolute atomic E-state index is 0.0541. The molecule has 7 rings (SSSR count). The molecule has 0 radical (unpaired) electrons. The Balaban J connectivity index is 1.09. The predicted molar refractivity (Wildman–Crippen MR) is 167 cm³/mol. The Hall–Kier alpha value is -4.25. The van der Waals surface area contributed by atoms with Gasteiger partial charge in [0.25, 0.3) is 5.82 Å². The molecule has 4 aliphatic rings. The van der Waals surface area contributed by atoms with E-state index < -0.39 is 35.0 Å². The van der Waals surface area contributed by atoms with Crippen LogP contribution in [0.1, 0.15) is 73.2 Å². The van der Waals surface area contributed by atoms with Crippen molar-refractivity contribution in [1.29, 1.82) is 0 Å². The average molecular weight is 630 g/mol. The highest BCUT2D eigenvalue weighted by Gasteiger charge is 2.55. The number of nitrogens with one attached hydrogen (secondary N) is 3. The second-order valence-corrected chi connectivity index (χ2v) is 13.4. The summed E-state index contributed by atoms with van der Waals surface area (Å²) < 4.78 is 30.4. The minimum Gasteiger partial charge on any atom is -0.324 e. The number of nitrogens with zero attached hydrogens (tertiary/aromatic N) is 3. The molecule has 1 aromatic carbocycles. The first-order chi connectivity index (χ1) is 22.2. The molecule has 1 saturated carbocycles. The highest BCUT2D eigenvalue weighted by atomic mass is 19.1. The first-order valence-corrected chi connectivity index (χ1v) is 16.3. The topological polar surface area (TPSA) is 107 Å². The molecule has 1 spiro atoms. The van der Waals surface area contributed by atoms with Crippen molar-refractivity contribution in [3.8, 4) is 0 Å². The number of aryl methyl sites for hydroxylation is 1. The van der Waals surface area contributed by atoms with Crippen LogP contribution in [0.2, 0.25) is 0 Å². The number of pyridine rings is 2. The van der Waals surface area contributed by atoms with Gasteiger partial charge in [0, 0.05) is 18.8 Å². The van der Waals surface area contributed by atoms with Crippen LogP contribution in [0, 0.1) is 17.6 Å². The van der Waals surface area contributed by atoms with Gasteiger partial charge in [0.15, 0.2) is 0 Å². The lowest BCUT2D eigenvalue weighted by Crippen LogP contribution is -2.58. The summed E-state index contributed by atoms with van der Waals surface area (Å²) in [6, 6.07) is 7.74. The van der Waals surface area contributed by atoms with Gasteiger partial charge in [-0.05, 0) is 72.2 Å². The van der Waals surface area contributed by atoms with Crippen molar-refractivity contribution < 1.29 is 27.7 Å². The number of rotatable bonds is 6. The SMILES string of the molecule is C[n+]1cccc2c1NC(=O)C21Cc2cnc(NC(=O)CN3C(=O)C(CC4CCCCCC4)NCC3c3cc(F)cc(F)c3)cc2C1. The van der Waals surface area contributed by atoms with Crippen molar-refractivity contribution in [2.24, 2.45) is 13.0 Å². The second kappa shape index (κ2) is 12.2. The summed E-state index contributed by atoms with van der Waals surface area (Å²) in [6.07, 6.45) is 12.1. The molecule has 9 nitrogen and oxygen atoms in total. The zero-order valence-corrected chi connectivity index (χ0v) is 26.0. The third kappa shape index (κ3) is 5.65. The second-order valence-electron chi connectivity index (χ2n) is 13.4. The molecule has 3 unspecified atom stereocenters. The number of amides is 3. The fraction of sp³-hybridized carbons (Fsp3) is 0.457. The van der Waals surface area contributed by atoms with Crippen LogP contribution in [0.4, 0.5) is 20.4 Å². The van der Waals surface area contributed by atoms with Crippen molar-refractivity contribution >= 4 is 29.4 Å². The van der Waals surface area contributed by atoms with Gasteiger partial charge in [-0.2, -0.15) is 0 Å². The van der Waals surface area contributed by atoms with E-state index >= 15 is 0 Å². The van der Waals surface area contributed by atoms with Crippen LogP contribution in [-0.2, 0) is 39.7 Å². The number of carbonyl (C=O) groups is 3. The number of piperazine rings is 1. The molecule has 2 aliphatic heterocycles. The maximum atomic E-state index is 14.2. The van der Waals surface area contributed by atoms with Crippen LogP contribution in [-0.4, -0.2) is 46.7 Å². The molecule has 3 N–H and O–H groups in total. The van der Waals surface area contributed by atoms with Crippen molar-refractivity contribution in [1.82, 2.24) is 15.2 Å². The molecule has 11 heteroatoms. The third-order valence-corrected chi connectivity index (χ3v) is 10.3. The lowest BCUT2D eigenvalue weighted by Gasteiger charge is -2.40. The summed E-state index contributed by atoms with van der Waals surface area (Å²) in [7, 11) is 1.90. The third-order valence-electron chi connectivity index (χ3n) is 10.3. The minimum atomic E-state index is -0.736. The van der Waals surface area contributed by atoms with Gasteiger partial charge in [-0.15, -0.1) is 0 Å². The standard InChI is InChI=1S/C35H38F2N6O3/c1-42-10-6-9-27-32(42)41-34(46)35(27)16-23-14-30(39-18-24(23)17-35)40-31(44)20-43-29(22-12-25(36)15-26(37)13-22)19-38-28(33(43)45)11-21-7-4-2-3-5-8-21/h6,9-10,12-15,18,21,28-29,38H,2-5,7-8,11,16-17,19-20H2,1H3,(H,39,40,44)/p+1. The van der Waals surface area contributed by atoms with E-state index in [2.05, 4.69) is 20.9 Å². The van der Waals surface area contributed by atoms with E-state index in [1.807, 2.05) is 29.9 Å². The number of hydrogen-bond donors (Lipinski definition) is 3. The Bertz CT molecular complexity index is 1690. The van der Waals surface area contributed by atoms with Crippen LogP contribution < -0.4 is 20.5 Å². The molecule has 2 fully saturated rings.